The molecule has 0 saturated carbocycles. The maximum atomic E-state index is 10.9. The Labute approximate surface area is 128 Å². The van der Waals surface area contributed by atoms with Gasteiger partial charge in [-0.1, -0.05) is 48.9 Å². The van der Waals surface area contributed by atoms with E-state index in [2.05, 4.69) is 24.4 Å². The number of benzene rings is 2. The summed E-state index contributed by atoms with van der Waals surface area (Å²) >= 11 is 5.82. The lowest BCUT2D eigenvalue weighted by Gasteiger charge is -2.18. The van der Waals surface area contributed by atoms with E-state index in [1.54, 1.807) is 12.1 Å². The lowest BCUT2D eigenvalue weighted by Crippen LogP contribution is -2.21. The average Bonchev–Trinajstić information content (AvgIpc) is 2.49. The molecule has 110 valence electrons. The van der Waals surface area contributed by atoms with Crippen LogP contribution in [0.4, 0.5) is 11.4 Å². The number of anilines is 1. The van der Waals surface area contributed by atoms with E-state index >= 15 is 0 Å². The Morgan fingerprint density at radius 2 is 1.95 bits per heavy atom. The zero-order valence-corrected chi connectivity index (χ0v) is 12.5. The van der Waals surface area contributed by atoms with Crippen molar-refractivity contribution in [3.8, 4) is 0 Å². The van der Waals surface area contributed by atoms with Gasteiger partial charge in [-0.15, -0.1) is 0 Å². The summed E-state index contributed by atoms with van der Waals surface area (Å²) < 4.78 is 0. The second kappa shape index (κ2) is 7.09. The number of nitro benzene ring substituents is 1. The Morgan fingerprint density at radius 3 is 2.57 bits per heavy atom. The summed E-state index contributed by atoms with van der Waals surface area (Å²) in [4.78, 5) is 10.4. The van der Waals surface area contributed by atoms with Crippen molar-refractivity contribution in [3.05, 3.63) is 69.2 Å². The van der Waals surface area contributed by atoms with Gasteiger partial charge in [-0.3, -0.25) is 10.1 Å². The molecule has 0 bridgehead atoms. The third-order valence-corrected chi connectivity index (χ3v) is 3.65. The van der Waals surface area contributed by atoms with E-state index < -0.39 is 4.92 Å². The Balaban J connectivity index is 2.11. The van der Waals surface area contributed by atoms with Gasteiger partial charge in [-0.2, -0.15) is 0 Å². The fourth-order valence-electron chi connectivity index (χ4n) is 2.17. The lowest BCUT2D eigenvalue weighted by atomic mass is 10.0. The zero-order chi connectivity index (χ0) is 15.2. The van der Waals surface area contributed by atoms with E-state index in [9.17, 15) is 10.1 Å². The van der Waals surface area contributed by atoms with E-state index in [0.717, 1.165) is 12.8 Å². The standard InChI is InChI=1S/C16H17ClN2O2/c1-2-13(10-12-6-4-3-5-7-12)18-14-8-9-15(17)16(11-14)19(20)21/h3-9,11,13,18H,2,10H2,1H3. The van der Waals surface area contributed by atoms with Crippen LogP contribution >= 0.6 is 11.6 Å². The number of hydrogen-bond acceptors (Lipinski definition) is 3. The van der Waals surface area contributed by atoms with E-state index in [0.29, 0.717) is 5.69 Å². The van der Waals surface area contributed by atoms with Gasteiger partial charge in [-0.25, -0.2) is 0 Å². The third kappa shape index (κ3) is 4.20. The van der Waals surface area contributed by atoms with Gasteiger partial charge in [0.05, 0.1) is 4.92 Å². The second-order valence-electron chi connectivity index (χ2n) is 4.86. The summed E-state index contributed by atoms with van der Waals surface area (Å²) in [6, 6.07) is 15.2. The Hall–Kier alpha value is -2.07. The van der Waals surface area contributed by atoms with Crippen LogP contribution in [0.2, 0.25) is 5.02 Å². The maximum Gasteiger partial charge on any atom is 0.289 e. The normalized spacial score (nSPS) is 11.9. The van der Waals surface area contributed by atoms with Crippen molar-refractivity contribution in [1.29, 1.82) is 0 Å². The van der Waals surface area contributed by atoms with Crippen molar-refractivity contribution in [1.82, 2.24) is 0 Å². The number of nitrogens with zero attached hydrogens (tertiary/aromatic N) is 1. The molecule has 21 heavy (non-hydrogen) atoms. The van der Waals surface area contributed by atoms with Gasteiger partial charge in [0.1, 0.15) is 5.02 Å². The number of hydrogen-bond donors (Lipinski definition) is 1. The highest BCUT2D eigenvalue weighted by Gasteiger charge is 2.14. The summed E-state index contributed by atoms with van der Waals surface area (Å²) in [5, 5.41) is 14.4. The van der Waals surface area contributed by atoms with E-state index in [1.165, 1.54) is 11.6 Å². The molecule has 2 aromatic rings. The molecule has 0 aliphatic rings. The molecule has 0 aromatic heterocycles. The molecule has 2 rings (SSSR count). The fourth-order valence-corrected chi connectivity index (χ4v) is 2.36. The zero-order valence-electron chi connectivity index (χ0n) is 11.8. The summed E-state index contributed by atoms with van der Waals surface area (Å²) in [6.45, 7) is 2.09. The van der Waals surface area contributed by atoms with Gasteiger partial charge in [0, 0.05) is 17.8 Å². The van der Waals surface area contributed by atoms with Crippen LogP contribution in [0, 0.1) is 10.1 Å². The molecule has 0 amide bonds. The van der Waals surface area contributed by atoms with Gasteiger partial charge in [0.15, 0.2) is 0 Å². The minimum atomic E-state index is -0.467. The molecule has 0 aliphatic carbocycles. The molecular formula is C16H17ClN2O2. The number of halogens is 1. The molecule has 0 spiro atoms. The Kier molecular flexibility index (Phi) is 5.17. The first-order valence-corrected chi connectivity index (χ1v) is 7.22. The molecular weight excluding hydrogens is 288 g/mol. The predicted octanol–water partition coefficient (Wildman–Crippen LogP) is 4.68. The first-order chi connectivity index (χ1) is 10.1. The van der Waals surface area contributed by atoms with Crippen molar-refractivity contribution in [2.75, 3.05) is 5.32 Å². The van der Waals surface area contributed by atoms with Gasteiger partial charge < -0.3 is 5.32 Å². The highest BCUT2D eigenvalue weighted by atomic mass is 35.5. The van der Waals surface area contributed by atoms with Crippen LogP contribution in [0.1, 0.15) is 18.9 Å². The topological polar surface area (TPSA) is 55.2 Å². The molecule has 1 atom stereocenters. The van der Waals surface area contributed by atoms with Crippen molar-refractivity contribution < 1.29 is 4.92 Å². The first kappa shape index (κ1) is 15.3. The average molecular weight is 305 g/mol. The molecule has 0 fully saturated rings. The molecule has 0 aliphatic heterocycles. The van der Waals surface area contributed by atoms with Crippen molar-refractivity contribution in [3.63, 3.8) is 0 Å². The number of rotatable bonds is 6. The van der Waals surface area contributed by atoms with Crippen LogP contribution in [0.25, 0.3) is 0 Å². The second-order valence-corrected chi connectivity index (χ2v) is 5.27. The summed E-state index contributed by atoms with van der Waals surface area (Å²) in [5.74, 6) is 0. The van der Waals surface area contributed by atoms with Gasteiger partial charge >= 0.3 is 0 Å². The van der Waals surface area contributed by atoms with Gasteiger partial charge in [-0.05, 0) is 30.5 Å². The Bertz CT molecular complexity index is 617. The maximum absolute atomic E-state index is 10.9. The molecule has 2 aromatic carbocycles. The summed E-state index contributed by atoms with van der Waals surface area (Å²) in [7, 11) is 0. The highest BCUT2D eigenvalue weighted by molar-refractivity contribution is 6.32. The smallest absolute Gasteiger partial charge is 0.289 e. The minimum absolute atomic E-state index is 0.0729. The monoisotopic (exact) mass is 304 g/mol. The minimum Gasteiger partial charge on any atom is -0.382 e. The molecule has 1 unspecified atom stereocenters. The van der Waals surface area contributed by atoms with Crippen molar-refractivity contribution >= 4 is 23.0 Å². The lowest BCUT2D eigenvalue weighted by molar-refractivity contribution is -0.384. The molecule has 0 saturated heterocycles. The van der Waals surface area contributed by atoms with Crippen molar-refractivity contribution in [2.45, 2.75) is 25.8 Å². The third-order valence-electron chi connectivity index (χ3n) is 3.33. The van der Waals surface area contributed by atoms with Crippen LogP contribution in [-0.4, -0.2) is 11.0 Å². The van der Waals surface area contributed by atoms with E-state index in [-0.39, 0.29) is 16.8 Å². The van der Waals surface area contributed by atoms with Crippen LogP contribution in [0.15, 0.2) is 48.5 Å². The van der Waals surface area contributed by atoms with Gasteiger partial charge in [0.25, 0.3) is 5.69 Å². The quantitative estimate of drug-likeness (QED) is 0.622. The molecule has 1 N–H and O–H groups in total. The highest BCUT2D eigenvalue weighted by Crippen LogP contribution is 2.28. The van der Waals surface area contributed by atoms with Crippen LogP contribution in [-0.2, 0) is 6.42 Å². The first-order valence-electron chi connectivity index (χ1n) is 6.84. The largest absolute Gasteiger partial charge is 0.382 e. The number of nitro groups is 1. The Morgan fingerprint density at radius 1 is 1.24 bits per heavy atom. The summed E-state index contributed by atoms with van der Waals surface area (Å²) in [6.07, 6.45) is 1.79. The van der Waals surface area contributed by atoms with Gasteiger partial charge in [0.2, 0.25) is 0 Å². The molecule has 4 nitrogen and oxygen atoms in total. The SMILES string of the molecule is CCC(Cc1ccccc1)Nc1ccc(Cl)c([N+](=O)[O-])c1. The fraction of sp³-hybridized carbons (Fsp3) is 0.250. The van der Waals surface area contributed by atoms with Crippen molar-refractivity contribution in [2.24, 2.45) is 0 Å². The van der Waals surface area contributed by atoms with Crippen LogP contribution < -0.4 is 5.32 Å². The number of nitrogens with one attached hydrogen (secondary N) is 1. The molecule has 5 heteroatoms. The summed E-state index contributed by atoms with van der Waals surface area (Å²) in [5.41, 5.74) is 1.88. The van der Waals surface area contributed by atoms with Crippen LogP contribution in [0.3, 0.4) is 0 Å². The predicted molar refractivity (Wildman–Crippen MR) is 86.0 cm³/mol. The molecule has 0 heterocycles. The van der Waals surface area contributed by atoms with E-state index in [1.807, 2.05) is 18.2 Å². The van der Waals surface area contributed by atoms with E-state index in [4.69, 9.17) is 11.6 Å². The molecule has 0 radical (unpaired) electrons. The van der Waals surface area contributed by atoms with Crippen LogP contribution in [0.5, 0.6) is 0 Å².